The SMILES string of the molecule is O=C1C(=Cc2ccc([N+](=O)[O-])[nH]2)Cc2c1cccc2[N+](=O)[O-]. The van der Waals surface area contributed by atoms with Gasteiger partial charge >= 0.3 is 5.82 Å². The summed E-state index contributed by atoms with van der Waals surface area (Å²) in [6.07, 6.45) is 1.62. The standard InChI is InChI=1S/C14H9N3O5/c18-14-8(6-9-4-5-13(15-9)17(21)22)7-11-10(14)2-1-3-12(11)16(19)20/h1-6,15H,7H2. The Hall–Kier alpha value is -3.29. The van der Waals surface area contributed by atoms with E-state index in [0.29, 0.717) is 22.4 Å². The summed E-state index contributed by atoms with van der Waals surface area (Å²) in [4.78, 5) is 35.4. The first-order valence-electron chi connectivity index (χ1n) is 6.32. The van der Waals surface area contributed by atoms with Gasteiger partial charge in [0.25, 0.3) is 5.69 Å². The van der Waals surface area contributed by atoms with Gasteiger partial charge in [0.15, 0.2) is 5.78 Å². The Balaban J connectivity index is 1.99. The van der Waals surface area contributed by atoms with E-state index < -0.39 is 9.85 Å². The number of carbonyl (C=O) groups excluding carboxylic acids is 1. The summed E-state index contributed by atoms with van der Waals surface area (Å²) < 4.78 is 0. The number of benzene rings is 1. The number of allylic oxidation sites excluding steroid dienone is 1. The van der Waals surface area contributed by atoms with Crippen LogP contribution in [0.25, 0.3) is 6.08 Å². The van der Waals surface area contributed by atoms with Crippen LogP contribution in [0.15, 0.2) is 35.9 Å². The number of ketones is 1. The van der Waals surface area contributed by atoms with E-state index in [-0.39, 0.29) is 23.7 Å². The number of carbonyl (C=O) groups is 1. The number of nitro benzene ring substituents is 1. The molecule has 0 radical (unpaired) electrons. The summed E-state index contributed by atoms with van der Waals surface area (Å²) in [5.41, 5.74) is 1.37. The van der Waals surface area contributed by atoms with Crippen LogP contribution in [0.5, 0.6) is 0 Å². The highest BCUT2D eigenvalue weighted by Crippen LogP contribution is 2.34. The molecule has 1 aliphatic carbocycles. The van der Waals surface area contributed by atoms with Gasteiger partial charge in [0.1, 0.15) is 5.69 Å². The first kappa shape index (κ1) is 13.7. The van der Waals surface area contributed by atoms with Gasteiger partial charge in [-0.05, 0) is 17.1 Å². The molecule has 1 aliphatic rings. The maximum Gasteiger partial charge on any atom is 0.321 e. The molecule has 1 aromatic heterocycles. The van der Waals surface area contributed by atoms with E-state index in [9.17, 15) is 25.0 Å². The monoisotopic (exact) mass is 299 g/mol. The predicted octanol–water partition coefficient (Wildman–Crippen LogP) is 2.65. The second-order valence-corrected chi connectivity index (χ2v) is 4.79. The highest BCUT2D eigenvalue weighted by molar-refractivity contribution is 6.16. The third-order valence-electron chi connectivity index (χ3n) is 3.47. The maximum atomic E-state index is 12.3. The number of nitro groups is 2. The Kier molecular flexibility index (Phi) is 3.06. The molecular formula is C14H9N3O5. The van der Waals surface area contributed by atoms with Crippen LogP contribution in [0.2, 0.25) is 0 Å². The van der Waals surface area contributed by atoms with Gasteiger partial charge in [-0.25, -0.2) is 4.98 Å². The Morgan fingerprint density at radius 3 is 2.50 bits per heavy atom. The second kappa shape index (κ2) is 4.92. The van der Waals surface area contributed by atoms with Crippen molar-refractivity contribution in [3.8, 4) is 0 Å². The Labute approximate surface area is 123 Å². The molecule has 8 heteroatoms. The van der Waals surface area contributed by atoms with Crippen LogP contribution in [0.3, 0.4) is 0 Å². The molecule has 1 heterocycles. The molecular weight excluding hydrogens is 290 g/mol. The molecule has 0 bridgehead atoms. The summed E-state index contributed by atoms with van der Waals surface area (Å²) in [5, 5.41) is 21.6. The van der Waals surface area contributed by atoms with Gasteiger partial charge in [-0.15, -0.1) is 0 Å². The van der Waals surface area contributed by atoms with Crippen LogP contribution in [0.1, 0.15) is 21.6 Å². The fraction of sp³-hybridized carbons (Fsp3) is 0.0714. The van der Waals surface area contributed by atoms with Gasteiger partial charge in [0, 0.05) is 35.3 Å². The van der Waals surface area contributed by atoms with Gasteiger partial charge in [-0.3, -0.25) is 14.9 Å². The lowest BCUT2D eigenvalue weighted by Crippen LogP contribution is -1.96. The largest absolute Gasteiger partial charge is 0.358 e. The van der Waals surface area contributed by atoms with Crippen LogP contribution >= 0.6 is 0 Å². The number of nitrogens with zero attached hydrogens (tertiary/aromatic N) is 2. The van der Waals surface area contributed by atoms with Crippen molar-refractivity contribution in [3.63, 3.8) is 0 Å². The molecule has 0 amide bonds. The molecule has 3 rings (SSSR count). The number of fused-ring (bicyclic) bond motifs is 1. The summed E-state index contributed by atoms with van der Waals surface area (Å²) in [7, 11) is 0. The lowest BCUT2D eigenvalue weighted by atomic mass is 10.1. The number of aromatic nitrogens is 1. The molecule has 2 aromatic rings. The molecule has 0 unspecified atom stereocenters. The highest BCUT2D eigenvalue weighted by atomic mass is 16.6. The van der Waals surface area contributed by atoms with Crippen LogP contribution < -0.4 is 0 Å². The van der Waals surface area contributed by atoms with Crippen molar-refractivity contribution >= 4 is 23.4 Å². The fourth-order valence-electron chi connectivity index (χ4n) is 2.48. The van der Waals surface area contributed by atoms with Gasteiger partial charge < -0.3 is 10.1 Å². The number of H-pyrrole nitrogens is 1. The molecule has 8 nitrogen and oxygen atoms in total. The van der Waals surface area contributed by atoms with E-state index in [0.717, 1.165) is 0 Å². The summed E-state index contributed by atoms with van der Waals surface area (Å²) in [6, 6.07) is 7.14. The van der Waals surface area contributed by atoms with E-state index in [1.165, 1.54) is 30.3 Å². The van der Waals surface area contributed by atoms with E-state index in [1.54, 1.807) is 6.07 Å². The number of Topliss-reactive ketones (excluding diaryl/α,β-unsaturated/α-hetero) is 1. The quantitative estimate of drug-likeness (QED) is 0.530. The zero-order valence-corrected chi connectivity index (χ0v) is 11.1. The lowest BCUT2D eigenvalue weighted by molar-refractivity contribution is -0.389. The average Bonchev–Trinajstić information content (AvgIpc) is 3.05. The molecule has 0 spiro atoms. The number of hydrogen-bond donors (Lipinski definition) is 1. The predicted molar refractivity (Wildman–Crippen MR) is 76.6 cm³/mol. The third kappa shape index (κ3) is 2.16. The Morgan fingerprint density at radius 1 is 1.09 bits per heavy atom. The van der Waals surface area contributed by atoms with Crippen molar-refractivity contribution in [1.29, 1.82) is 0 Å². The van der Waals surface area contributed by atoms with E-state index in [4.69, 9.17) is 0 Å². The van der Waals surface area contributed by atoms with E-state index in [1.807, 2.05) is 0 Å². The Bertz CT molecular complexity index is 850. The molecule has 22 heavy (non-hydrogen) atoms. The first-order chi connectivity index (χ1) is 10.5. The lowest BCUT2D eigenvalue weighted by Gasteiger charge is -1.97. The molecule has 1 aromatic carbocycles. The van der Waals surface area contributed by atoms with E-state index in [2.05, 4.69) is 4.98 Å². The van der Waals surface area contributed by atoms with Crippen molar-refractivity contribution < 1.29 is 14.6 Å². The maximum absolute atomic E-state index is 12.3. The number of hydrogen-bond acceptors (Lipinski definition) is 5. The van der Waals surface area contributed by atoms with Crippen molar-refractivity contribution in [3.05, 3.63) is 73.0 Å². The molecule has 0 saturated carbocycles. The smallest absolute Gasteiger partial charge is 0.321 e. The summed E-state index contributed by atoms with van der Waals surface area (Å²) >= 11 is 0. The van der Waals surface area contributed by atoms with Crippen LogP contribution in [-0.4, -0.2) is 20.6 Å². The normalized spacial score (nSPS) is 15.1. The van der Waals surface area contributed by atoms with Crippen molar-refractivity contribution in [2.24, 2.45) is 0 Å². The van der Waals surface area contributed by atoms with E-state index >= 15 is 0 Å². The van der Waals surface area contributed by atoms with Gasteiger partial charge in [-0.1, -0.05) is 12.1 Å². The van der Waals surface area contributed by atoms with Crippen LogP contribution in [0.4, 0.5) is 11.5 Å². The number of rotatable bonds is 3. The zero-order chi connectivity index (χ0) is 15.9. The van der Waals surface area contributed by atoms with Crippen LogP contribution in [-0.2, 0) is 6.42 Å². The molecule has 0 aliphatic heterocycles. The number of nitrogens with one attached hydrogen (secondary N) is 1. The highest BCUT2D eigenvalue weighted by Gasteiger charge is 2.31. The Morgan fingerprint density at radius 2 is 1.86 bits per heavy atom. The fourth-order valence-corrected chi connectivity index (χ4v) is 2.48. The first-order valence-corrected chi connectivity index (χ1v) is 6.32. The third-order valence-corrected chi connectivity index (χ3v) is 3.47. The topological polar surface area (TPSA) is 119 Å². The molecule has 0 saturated heterocycles. The van der Waals surface area contributed by atoms with Gasteiger partial charge in [0.2, 0.25) is 0 Å². The average molecular weight is 299 g/mol. The van der Waals surface area contributed by atoms with Gasteiger partial charge in [0.05, 0.1) is 4.92 Å². The van der Waals surface area contributed by atoms with Crippen molar-refractivity contribution in [2.45, 2.75) is 6.42 Å². The summed E-state index contributed by atoms with van der Waals surface area (Å²) in [6.45, 7) is 0. The minimum Gasteiger partial charge on any atom is -0.358 e. The zero-order valence-electron chi connectivity index (χ0n) is 11.1. The number of aromatic amines is 1. The van der Waals surface area contributed by atoms with Crippen molar-refractivity contribution in [1.82, 2.24) is 4.98 Å². The van der Waals surface area contributed by atoms with Crippen molar-refractivity contribution in [2.75, 3.05) is 0 Å². The minimum atomic E-state index is -0.571. The summed E-state index contributed by atoms with van der Waals surface area (Å²) in [5.74, 6) is -0.475. The van der Waals surface area contributed by atoms with Crippen LogP contribution in [0, 0.1) is 20.2 Å². The molecule has 0 atom stereocenters. The van der Waals surface area contributed by atoms with Gasteiger partial charge in [-0.2, -0.15) is 0 Å². The molecule has 0 fully saturated rings. The molecule has 1 N–H and O–H groups in total. The molecule has 110 valence electrons. The minimum absolute atomic E-state index is 0.0910. The second-order valence-electron chi connectivity index (χ2n) is 4.79.